The molecule has 106 valence electrons. The molecule has 19 heavy (non-hydrogen) atoms. The maximum atomic E-state index is 10.4. The second-order valence-corrected chi connectivity index (χ2v) is 4.42. The van der Waals surface area contributed by atoms with Crippen LogP contribution in [0, 0.1) is 0 Å². The van der Waals surface area contributed by atoms with Crippen molar-refractivity contribution in [2.45, 2.75) is 18.5 Å². The zero-order valence-electron chi connectivity index (χ0n) is 11.1. The van der Waals surface area contributed by atoms with Gasteiger partial charge in [-0.1, -0.05) is 18.7 Å². The number of hydrogen-bond donors (Lipinski definition) is 3. The molecule has 0 aliphatic carbocycles. The van der Waals surface area contributed by atoms with E-state index in [1.807, 2.05) is 12.3 Å². The molecule has 0 radical (unpaired) electrons. The van der Waals surface area contributed by atoms with Gasteiger partial charge in [0.2, 0.25) is 0 Å². The molecule has 0 unspecified atom stereocenters. The van der Waals surface area contributed by atoms with E-state index in [-0.39, 0.29) is 6.61 Å². The SMILES string of the molecule is CCCNc1cc(NCCOC(N)=O)nc(SC)n1. The Balaban J connectivity index is 2.57. The maximum Gasteiger partial charge on any atom is 0.404 e. The molecule has 1 aromatic rings. The van der Waals surface area contributed by atoms with E-state index in [4.69, 9.17) is 5.73 Å². The molecule has 1 aromatic heterocycles. The van der Waals surface area contributed by atoms with Crippen LogP contribution in [0.2, 0.25) is 0 Å². The number of nitrogens with two attached hydrogens (primary N) is 1. The fourth-order valence-corrected chi connectivity index (χ4v) is 1.66. The van der Waals surface area contributed by atoms with Crippen molar-refractivity contribution < 1.29 is 9.53 Å². The van der Waals surface area contributed by atoms with Crippen molar-refractivity contribution in [3.05, 3.63) is 6.07 Å². The van der Waals surface area contributed by atoms with Crippen LogP contribution in [0.4, 0.5) is 16.4 Å². The molecule has 0 fully saturated rings. The smallest absolute Gasteiger partial charge is 0.404 e. The van der Waals surface area contributed by atoms with E-state index >= 15 is 0 Å². The Morgan fingerprint density at radius 1 is 1.37 bits per heavy atom. The first-order valence-corrected chi connectivity index (χ1v) is 7.21. The van der Waals surface area contributed by atoms with Gasteiger partial charge in [-0.15, -0.1) is 0 Å². The van der Waals surface area contributed by atoms with Crippen molar-refractivity contribution in [2.75, 3.05) is 36.6 Å². The summed E-state index contributed by atoms with van der Waals surface area (Å²) < 4.78 is 4.63. The molecule has 0 aliphatic rings. The lowest BCUT2D eigenvalue weighted by molar-refractivity contribution is 0.161. The lowest BCUT2D eigenvalue weighted by Gasteiger charge is -2.10. The van der Waals surface area contributed by atoms with E-state index < -0.39 is 6.09 Å². The number of carbonyl (C=O) groups excluding carboxylic acids is 1. The molecular weight excluding hydrogens is 266 g/mol. The number of thioether (sulfide) groups is 1. The van der Waals surface area contributed by atoms with Gasteiger partial charge in [-0.3, -0.25) is 0 Å². The summed E-state index contributed by atoms with van der Waals surface area (Å²) in [6.07, 6.45) is 2.16. The third-order valence-electron chi connectivity index (χ3n) is 2.10. The van der Waals surface area contributed by atoms with Crippen molar-refractivity contribution >= 4 is 29.5 Å². The Morgan fingerprint density at radius 3 is 2.53 bits per heavy atom. The fraction of sp³-hybridized carbons (Fsp3) is 0.545. The molecule has 0 aromatic carbocycles. The average Bonchev–Trinajstić information content (AvgIpc) is 2.41. The first kappa shape index (κ1) is 15.4. The topological polar surface area (TPSA) is 102 Å². The monoisotopic (exact) mass is 285 g/mol. The van der Waals surface area contributed by atoms with Gasteiger partial charge in [0.1, 0.15) is 18.2 Å². The normalized spacial score (nSPS) is 10.0. The number of nitrogens with zero attached hydrogens (tertiary/aromatic N) is 2. The Morgan fingerprint density at radius 2 is 2.00 bits per heavy atom. The predicted octanol–water partition coefficient (Wildman–Crippen LogP) is 1.53. The summed E-state index contributed by atoms with van der Waals surface area (Å²) in [6.45, 7) is 3.59. The van der Waals surface area contributed by atoms with Crippen LogP contribution < -0.4 is 16.4 Å². The molecule has 0 spiro atoms. The Kier molecular flexibility index (Phi) is 6.80. The minimum atomic E-state index is -0.778. The standard InChI is InChI=1S/C11H19N5O2S/c1-3-4-13-8-7-9(16-11(15-8)19-2)14-5-6-18-10(12)17/h7H,3-6H2,1-2H3,(H2,12,17)(H2,13,14,15,16). The molecule has 4 N–H and O–H groups in total. The van der Waals surface area contributed by atoms with E-state index in [0.717, 1.165) is 18.8 Å². The number of nitrogens with one attached hydrogen (secondary N) is 2. The van der Waals surface area contributed by atoms with E-state index in [9.17, 15) is 4.79 Å². The molecule has 0 atom stereocenters. The summed E-state index contributed by atoms with van der Waals surface area (Å²) in [5.74, 6) is 1.46. The van der Waals surface area contributed by atoms with Gasteiger partial charge in [-0.25, -0.2) is 14.8 Å². The Labute approximate surface area is 116 Å². The van der Waals surface area contributed by atoms with E-state index in [0.29, 0.717) is 17.5 Å². The van der Waals surface area contributed by atoms with Crippen LogP contribution in [0.3, 0.4) is 0 Å². The number of primary amides is 1. The van der Waals surface area contributed by atoms with Gasteiger partial charge in [-0.2, -0.15) is 0 Å². The highest BCUT2D eigenvalue weighted by atomic mass is 32.2. The Hall–Kier alpha value is -1.70. The first-order chi connectivity index (χ1) is 9.15. The second kappa shape index (κ2) is 8.41. The van der Waals surface area contributed by atoms with Crippen molar-refractivity contribution in [3.63, 3.8) is 0 Å². The van der Waals surface area contributed by atoms with Crippen LogP contribution in [-0.4, -0.2) is 42.0 Å². The molecule has 1 amide bonds. The van der Waals surface area contributed by atoms with E-state index in [2.05, 4.69) is 32.3 Å². The minimum Gasteiger partial charge on any atom is -0.448 e. The molecule has 8 heteroatoms. The van der Waals surface area contributed by atoms with Gasteiger partial charge in [0.15, 0.2) is 5.16 Å². The van der Waals surface area contributed by atoms with Crippen molar-refractivity contribution in [3.8, 4) is 0 Å². The predicted molar refractivity (Wildman–Crippen MR) is 76.6 cm³/mol. The number of hydrogen-bond acceptors (Lipinski definition) is 7. The molecule has 1 heterocycles. The third-order valence-corrected chi connectivity index (χ3v) is 2.64. The number of aromatic nitrogens is 2. The lowest BCUT2D eigenvalue weighted by Crippen LogP contribution is -2.18. The summed E-state index contributed by atoms with van der Waals surface area (Å²) in [4.78, 5) is 19.1. The van der Waals surface area contributed by atoms with E-state index in [1.165, 1.54) is 11.8 Å². The van der Waals surface area contributed by atoms with Crippen molar-refractivity contribution in [2.24, 2.45) is 5.73 Å². The van der Waals surface area contributed by atoms with Crippen LogP contribution in [-0.2, 0) is 4.74 Å². The summed E-state index contributed by atoms with van der Waals surface area (Å²) in [5.41, 5.74) is 4.87. The van der Waals surface area contributed by atoms with Gasteiger partial charge < -0.3 is 21.1 Å². The summed E-state index contributed by atoms with van der Waals surface area (Å²) in [7, 11) is 0. The minimum absolute atomic E-state index is 0.200. The zero-order valence-corrected chi connectivity index (χ0v) is 11.9. The molecule has 0 saturated heterocycles. The largest absolute Gasteiger partial charge is 0.448 e. The molecule has 7 nitrogen and oxygen atoms in total. The summed E-state index contributed by atoms with van der Waals surface area (Å²) in [5, 5.41) is 6.94. The Bertz CT molecular complexity index is 416. The lowest BCUT2D eigenvalue weighted by atomic mass is 10.4. The third kappa shape index (κ3) is 6.14. The van der Waals surface area contributed by atoms with Gasteiger partial charge in [0.05, 0.1) is 6.54 Å². The average molecular weight is 285 g/mol. The second-order valence-electron chi connectivity index (χ2n) is 3.65. The first-order valence-electron chi connectivity index (χ1n) is 5.98. The number of amides is 1. The molecule has 0 aliphatic heterocycles. The van der Waals surface area contributed by atoms with Crippen molar-refractivity contribution in [1.82, 2.24) is 9.97 Å². The van der Waals surface area contributed by atoms with Gasteiger partial charge in [0.25, 0.3) is 0 Å². The van der Waals surface area contributed by atoms with Crippen LogP contribution in [0.15, 0.2) is 11.2 Å². The number of carbonyl (C=O) groups is 1. The quantitative estimate of drug-likeness (QED) is 0.378. The summed E-state index contributed by atoms with van der Waals surface area (Å²) in [6, 6.07) is 1.82. The van der Waals surface area contributed by atoms with E-state index in [1.54, 1.807) is 0 Å². The number of rotatable bonds is 8. The van der Waals surface area contributed by atoms with Crippen LogP contribution in [0.5, 0.6) is 0 Å². The maximum absolute atomic E-state index is 10.4. The highest BCUT2D eigenvalue weighted by Crippen LogP contribution is 2.17. The highest BCUT2D eigenvalue weighted by molar-refractivity contribution is 7.98. The molecule has 1 rings (SSSR count). The van der Waals surface area contributed by atoms with Crippen LogP contribution in [0.1, 0.15) is 13.3 Å². The van der Waals surface area contributed by atoms with Gasteiger partial charge >= 0.3 is 6.09 Å². The molecule has 0 saturated carbocycles. The zero-order chi connectivity index (χ0) is 14.1. The highest BCUT2D eigenvalue weighted by Gasteiger charge is 2.03. The molecule has 0 bridgehead atoms. The fourth-order valence-electron chi connectivity index (χ4n) is 1.28. The van der Waals surface area contributed by atoms with Crippen LogP contribution >= 0.6 is 11.8 Å². The van der Waals surface area contributed by atoms with Gasteiger partial charge in [-0.05, 0) is 12.7 Å². The van der Waals surface area contributed by atoms with Gasteiger partial charge in [0, 0.05) is 12.6 Å². The van der Waals surface area contributed by atoms with Crippen LogP contribution in [0.25, 0.3) is 0 Å². The number of ether oxygens (including phenoxy) is 1. The van der Waals surface area contributed by atoms with Crippen molar-refractivity contribution in [1.29, 1.82) is 0 Å². The number of anilines is 2. The summed E-state index contributed by atoms with van der Waals surface area (Å²) >= 11 is 1.47. The molecular formula is C11H19N5O2S.